The fourth-order valence-corrected chi connectivity index (χ4v) is 3.56. The summed E-state index contributed by atoms with van der Waals surface area (Å²) in [4.78, 5) is 15.3. The number of ether oxygens (including phenoxy) is 1. The number of anilines is 1. The van der Waals surface area contributed by atoms with Gasteiger partial charge < -0.3 is 10.1 Å². The van der Waals surface area contributed by atoms with Gasteiger partial charge in [0, 0.05) is 44.6 Å². The maximum absolute atomic E-state index is 6.17. The van der Waals surface area contributed by atoms with Crippen LogP contribution in [0.5, 0.6) is 0 Å². The van der Waals surface area contributed by atoms with Gasteiger partial charge in [0.25, 0.3) is 0 Å². The molecule has 23 heavy (non-hydrogen) atoms. The van der Waals surface area contributed by atoms with E-state index >= 15 is 0 Å². The van der Waals surface area contributed by atoms with Crippen LogP contribution in [0.4, 0.5) is 5.95 Å². The Morgan fingerprint density at radius 3 is 2.87 bits per heavy atom. The van der Waals surface area contributed by atoms with Crippen LogP contribution in [0, 0.1) is 0 Å². The highest BCUT2D eigenvalue weighted by molar-refractivity contribution is 5.25. The minimum atomic E-state index is -0.0266. The number of aromatic nitrogens is 3. The summed E-state index contributed by atoms with van der Waals surface area (Å²) < 4.78 is 6.17. The van der Waals surface area contributed by atoms with E-state index in [4.69, 9.17) is 4.74 Å². The zero-order valence-corrected chi connectivity index (χ0v) is 13.1. The number of hydrogen-bond donors (Lipinski definition) is 1. The molecule has 0 saturated carbocycles. The topological polar surface area (TPSA) is 63.2 Å². The van der Waals surface area contributed by atoms with E-state index < -0.39 is 0 Å². The summed E-state index contributed by atoms with van der Waals surface area (Å²) in [5.41, 5.74) is 1.09. The summed E-state index contributed by atoms with van der Waals surface area (Å²) in [6.07, 6.45) is 7.45. The molecule has 6 nitrogen and oxygen atoms in total. The lowest BCUT2D eigenvalue weighted by atomic mass is 9.97. The van der Waals surface area contributed by atoms with Gasteiger partial charge in [0.2, 0.25) is 5.95 Å². The van der Waals surface area contributed by atoms with Crippen molar-refractivity contribution in [2.24, 2.45) is 0 Å². The van der Waals surface area contributed by atoms with E-state index in [9.17, 15) is 0 Å². The molecule has 2 saturated heterocycles. The van der Waals surface area contributed by atoms with Crippen LogP contribution < -0.4 is 5.32 Å². The van der Waals surface area contributed by atoms with Crippen molar-refractivity contribution in [2.75, 3.05) is 25.0 Å². The van der Waals surface area contributed by atoms with E-state index in [1.54, 1.807) is 12.4 Å². The first-order chi connectivity index (χ1) is 11.3. The van der Waals surface area contributed by atoms with Crippen molar-refractivity contribution in [3.8, 4) is 0 Å². The molecule has 0 aromatic carbocycles. The molecule has 2 aromatic heterocycles. The zero-order chi connectivity index (χ0) is 15.5. The number of pyridine rings is 1. The molecule has 2 aliphatic heterocycles. The molecule has 2 aromatic rings. The largest absolute Gasteiger partial charge is 0.371 e. The van der Waals surface area contributed by atoms with Gasteiger partial charge in [-0.3, -0.25) is 9.88 Å². The highest BCUT2D eigenvalue weighted by Gasteiger charge is 2.45. The van der Waals surface area contributed by atoms with Crippen molar-refractivity contribution in [1.29, 1.82) is 0 Å². The lowest BCUT2D eigenvalue weighted by Gasteiger charge is -2.23. The van der Waals surface area contributed by atoms with Crippen LogP contribution in [-0.2, 0) is 11.3 Å². The van der Waals surface area contributed by atoms with Crippen molar-refractivity contribution in [3.05, 3.63) is 48.5 Å². The molecule has 1 spiro atoms. The zero-order valence-electron chi connectivity index (χ0n) is 13.1. The second-order valence-corrected chi connectivity index (χ2v) is 6.39. The van der Waals surface area contributed by atoms with Gasteiger partial charge in [-0.2, -0.15) is 0 Å². The molecule has 2 fully saturated rings. The third-order valence-corrected chi connectivity index (χ3v) is 4.62. The Morgan fingerprint density at radius 1 is 1.17 bits per heavy atom. The van der Waals surface area contributed by atoms with Gasteiger partial charge in [-0.25, -0.2) is 9.97 Å². The summed E-state index contributed by atoms with van der Waals surface area (Å²) in [7, 11) is 0. The lowest BCUT2D eigenvalue weighted by molar-refractivity contribution is 0.0119. The van der Waals surface area contributed by atoms with Gasteiger partial charge in [-0.05, 0) is 24.6 Å². The van der Waals surface area contributed by atoms with Crippen molar-refractivity contribution >= 4 is 5.95 Å². The van der Waals surface area contributed by atoms with E-state index in [2.05, 4.69) is 31.2 Å². The predicted molar refractivity (Wildman–Crippen MR) is 86.9 cm³/mol. The van der Waals surface area contributed by atoms with Gasteiger partial charge in [-0.15, -0.1) is 0 Å². The summed E-state index contributed by atoms with van der Waals surface area (Å²) in [5, 5.41) is 3.38. The minimum absolute atomic E-state index is 0.0266. The van der Waals surface area contributed by atoms with Gasteiger partial charge in [-0.1, -0.05) is 6.07 Å². The van der Waals surface area contributed by atoms with Crippen LogP contribution >= 0.6 is 0 Å². The van der Waals surface area contributed by atoms with Crippen LogP contribution in [0.3, 0.4) is 0 Å². The highest BCUT2D eigenvalue weighted by atomic mass is 16.5. The fourth-order valence-electron chi connectivity index (χ4n) is 3.56. The normalized spacial score (nSPS) is 27.6. The SMILES string of the molecule is c1ccc(CN2CCC3(CC(Nc4ncccn4)CO3)C2)nc1. The first-order valence-electron chi connectivity index (χ1n) is 8.11. The third-order valence-electron chi connectivity index (χ3n) is 4.62. The number of hydrogen-bond acceptors (Lipinski definition) is 6. The lowest BCUT2D eigenvalue weighted by Crippen LogP contribution is -2.33. The first-order valence-corrected chi connectivity index (χ1v) is 8.11. The Kier molecular flexibility index (Phi) is 3.93. The monoisotopic (exact) mass is 311 g/mol. The average molecular weight is 311 g/mol. The molecule has 0 amide bonds. The summed E-state index contributed by atoms with van der Waals surface area (Å²) in [6, 6.07) is 8.19. The molecular weight excluding hydrogens is 290 g/mol. The number of nitrogens with zero attached hydrogens (tertiary/aromatic N) is 4. The van der Waals surface area contributed by atoms with Crippen molar-refractivity contribution in [3.63, 3.8) is 0 Å². The Balaban J connectivity index is 1.34. The second-order valence-electron chi connectivity index (χ2n) is 6.39. The van der Waals surface area contributed by atoms with Crippen molar-refractivity contribution in [1.82, 2.24) is 19.9 Å². The maximum Gasteiger partial charge on any atom is 0.222 e. The smallest absolute Gasteiger partial charge is 0.222 e. The van der Waals surface area contributed by atoms with Crippen LogP contribution in [0.25, 0.3) is 0 Å². The first kappa shape index (κ1) is 14.5. The third kappa shape index (κ3) is 3.33. The second kappa shape index (κ2) is 6.22. The van der Waals surface area contributed by atoms with E-state index in [0.29, 0.717) is 5.95 Å². The fraction of sp³-hybridized carbons (Fsp3) is 0.471. The van der Waals surface area contributed by atoms with E-state index in [0.717, 1.165) is 44.8 Å². The number of rotatable bonds is 4. The van der Waals surface area contributed by atoms with E-state index in [1.165, 1.54) is 0 Å². The molecule has 1 N–H and O–H groups in total. The molecule has 6 heteroatoms. The van der Waals surface area contributed by atoms with Crippen LogP contribution in [0.2, 0.25) is 0 Å². The molecule has 0 aliphatic carbocycles. The predicted octanol–water partition coefficient (Wildman–Crippen LogP) is 1.72. The van der Waals surface area contributed by atoms with Crippen molar-refractivity contribution < 1.29 is 4.74 Å². The molecular formula is C17H21N5O. The van der Waals surface area contributed by atoms with Gasteiger partial charge in [0.1, 0.15) is 0 Å². The van der Waals surface area contributed by atoms with Gasteiger partial charge in [0.05, 0.1) is 23.9 Å². The molecule has 2 unspecified atom stereocenters. The van der Waals surface area contributed by atoms with Crippen molar-refractivity contribution in [2.45, 2.75) is 31.0 Å². The van der Waals surface area contributed by atoms with E-state index in [1.807, 2.05) is 24.4 Å². The van der Waals surface area contributed by atoms with E-state index in [-0.39, 0.29) is 11.6 Å². The van der Waals surface area contributed by atoms with Crippen LogP contribution in [0.15, 0.2) is 42.9 Å². The Morgan fingerprint density at radius 2 is 2.04 bits per heavy atom. The number of nitrogens with one attached hydrogen (secondary N) is 1. The molecule has 4 rings (SSSR count). The number of likely N-dealkylation sites (tertiary alicyclic amines) is 1. The van der Waals surface area contributed by atoms with Crippen LogP contribution in [-0.4, -0.2) is 51.2 Å². The average Bonchev–Trinajstić information content (AvgIpc) is 3.16. The summed E-state index contributed by atoms with van der Waals surface area (Å²) in [6.45, 7) is 3.64. The maximum atomic E-state index is 6.17. The summed E-state index contributed by atoms with van der Waals surface area (Å²) >= 11 is 0. The Hall–Kier alpha value is -2.05. The Labute approximate surface area is 135 Å². The molecule has 4 heterocycles. The van der Waals surface area contributed by atoms with Crippen LogP contribution in [0.1, 0.15) is 18.5 Å². The Bertz CT molecular complexity index is 578. The molecule has 2 aliphatic rings. The molecule has 120 valence electrons. The quantitative estimate of drug-likeness (QED) is 0.927. The van der Waals surface area contributed by atoms with Gasteiger partial charge in [0.15, 0.2) is 0 Å². The van der Waals surface area contributed by atoms with Gasteiger partial charge >= 0.3 is 0 Å². The molecule has 0 bridgehead atoms. The molecule has 0 radical (unpaired) electrons. The minimum Gasteiger partial charge on any atom is -0.371 e. The highest BCUT2D eigenvalue weighted by Crippen LogP contribution is 2.36. The molecule has 2 atom stereocenters. The standard InChI is InChI=1S/C17H21N5O/c1-2-6-18-14(4-1)11-22-9-5-17(13-22)10-15(12-23-17)21-16-19-7-3-8-20-16/h1-4,6-8,15H,5,9-13H2,(H,19,20,21). The summed E-state index contributed by atoms with van der Waals surface area (Å²) in [5.74, 6) is 0.682.